The van der Waals surface area contributed by atoms with E-state index in [4.69, 9.17) is 4.98 Å². The van der Waals surface area contributed by atoms with Crippen LogP contribution >= 0.6 is 11.3 Å². The number of nitrogens with zero attached hydrogens (tertiary/aromatic N) is 3. The van der Waals surface area contributed by atoms with E-state index < -0.39 is 0 Å². The largest absolute Gasteiger partial charge is 0.348 e. The van der Waals surface area contributed by atoms with E-state index in [0.29, 0.717) is 5.92 Å². The minimum atomic E-state index is 0.572. The van der Waals surface area contributed by atoms with Crippen LogP contribution in [0.2, 0.25) is 0 Å². The van der Waals surface area contributed by atoms with Crippen molar-refractivity contribution in [2.75, 3.05) is 13.1 Å². The highest BCUT2D eigenvalue weighted by Gasteiger charge is 2.26. The maximum Gasteiger partial charge on any atom is 0.120 e. The number of rotatable bonds is 3. The summed E-state index contributed by atoms with van der Waals surface area (Å²) in [6.07, 6.45) is 4.90. The summed E-state index contributed by atoms with van der Waals surface area (Å²) in [5.74, 6) is 1.62. The third-order valence-electron chi connectivity index (χ3n) is 3.86. The molecule has 1 aromatic carbocycles. The molecule has 3 aromatic rings. The number of fused-ring (bicyclic) bond motifs is 1. The Hall–Kier alpha value is -1.72. The van der Waals surface area contributed by atoms with Gasteiger partial charge in [0.25, 0.3) is 0 Å². The lowest BCUT2D eigenvalue weighted by atomic mass is 10.1. The quantitative estimate of drug-likeness (QED) is 0.804. The summed E-state index contributed by atoms with van der Waals surface area (Å²) in [5.41, 5.74) is 1.14. The second-order valence-corrected chi connectivity index (χ2v) is 6.34. The number of hydrogen-bond donors (Lipinski definition) is 1. The molecule has 0 aliphatic carbocycles. The number of thiazole rings is 1. The van der Waals surface area contributed by atoms with E-state index in [9.17, 15) is 0 Å². The molecule has 0 saturated carbocycles. The number of nitrogens with one attached hydrogen (secondary N) is 1. The van der Waals surface area contributed by atoms with Crippen molar-refractivity contribution in [1.82, 2.24) is 19.9 Å². The third-order valence-corrected chi connectivity index (χ3v) is 5.06. The van der Waals surface area contributed by atoms with Gasteiger partial charge < -0.3 is 4.98 Å². The van der Waals surface area contributed by atoms with Gasteiger partial charge in [-0.05, 0) is 25.1 Å². The number of hydrogen-bond acceptors (Lipinski definition) is 4. The van der Waals surface area contributed by atoms with Crippen LogP contribution in [0.25, 0.3) is 10.2 Å². The van der Waals surface area contributed by atoms with E-state index in [2.05, 4.69) is 39.1 Å². The number of imidazole rings is 1. The standard InChI is InChI=1S/C15H16N4S/c1-2-4-13-12(3-1)18-15(20-13)11-5-8-19(9-11)10-14-16-6-7-17-14/h1-4,6-7,11H,5,8-10H2,(H,16,17)/t11-/m0/s1. The van der Waals surface area contributed by atoms with Gasteiger partial charge in [0.05, 0.1) is 21.8 Å². The van der Waals surface area contributed by atoms with Crippen molar-refractivity contribution in [2.24, 2.45) is 0 Å². The van der Waals surface area contributed by atoms with Gasteiger partial charge in [0, 0.05) is 24.9 Å². The van der Waals surface area contributed by atoms with Gasteiger partial charge >= 0.3 is 0 Å². The zero-order chi connectivity index (χ0) is 13.4. The molecule has 102 valence electrons. The van der Waals surface area contributed by atoms with E-state index in [-0.39, 0.29) is 0 Å². The summed E-state index contributed by atoms with van der Waals surface area (Å²) in [5, 5.41) is 1.29. The monoisotopic (exact) mass is 284 g/mol. The normalized spacial score (nSPS) is 19.9. The molecule has 3 heterocycles. The van der Waals surface area contributed by atoms with Gasteiger partial charge in [-0.15, -0.1) is 11.3 Å². The van der Waals surface area contributed by atoms with Gasteiger partial charge in [-0.3, -0.25) is 4.90 Å². The van der Waals surface area contributed by atoms with E-state index in [0.717, 1.165) is 31.0 Å². The smallest absolute Gasteiger partial charge is 0.120 e. The first-order chi connectivity index (χ1) is 9.88. The molecule has 0 bridgehead atoms. The van der Waals surface area contributed by atoms with Gasteiger partial charge in [0.15, 0.2) is 0 Å². The zero-order valence-electron chi connectivity index (χ0n) is 11.1. The fourth-order valence-corrected chi connectivity index (χ4v) is 3.93. The molecule has 1 aliphatic heterocycles. The molecular formula is C15H16N4S. The summed E-state index contributed by atoms with van der Waals surface area (Å²) < 4.78 is 1.30. The molecule has 0 radical (unpaired) electrons. The summed E-state index contributed by atoms with van der Waals surface area (Å²) in [6, 6.07) is 8.41. The molecule has 0 amide bonds. The Balaban J connectivity index is 1.50. The first-order valence-corrected chi connectivity index (χ1v) is 7.76. The molecule has 2 aromatic heterocycles. The molecule has 0 unspecified atom stereocenters. The lowest BCUT2D eigenvalue weighted by Gasteiger charge is -2.13. The molecule has 4 nitrogen and oxygen atoms in total. The first kappa shape index (κ1) is 12.1. The zero-order valence-corrected chi connectivity index (χ0v) is 11.9. The summed E-state index contributed by atoms with van der Waals surface area (Å²) in [6.45, 7) is 3.12. The molecule has 1 fully saturated rings. The van der Waals surface area contributed by atoms with Crippen LogP contribution in [-0.4, -0.2) is 32.9 Å². The Bertz CT molecular complexity index is 671. The number of aromatic amines is 1. The van der Waals surface area contributed by atoms with Gasteiger partial charge in [-0.1, -0.05) is 12.1 Å². The van der Waals surface area contributed by atoms with E-state index in [1.807, 2.05) is 23.7 Å². The van der Waals surface area contributed by atoms with Gasteiger partial charge in [-0.25, -0.2) is 9.97 Å². The van der Waals surface area contributed by atoms with Crippen LogP contribution in [0.4, 0.5) is 0 Å². The summed E-state index contributed by atoms with van der Waals surface area (Å²) >= 11 is 1.84. The Morgan fingerprint density at radius 3 is 3.15 bits per heavy atom. The van der Waals surface area contributed by atoms with E-state index in [1.54, 1.807) is 0 Å². The lowest BCUT2D eigenvalue weighted by molar-refractivity contribution is 0.319. The predicted molar refractivity (Wildman–Crippen MR) is 80.8 cm³/mol. The molecule has 5 heteroatoms. The van der Waals surface area contributed by atoms with Crippen LogP contribution in [0, 0.1) is 0 Å². The molecule has 1 aliphatic rings. The Morgan fingerprint density at radius 2 is 2.30 bits per heavy atom. The average Bonchev–Trinajstić information content (AvgIpc) is 3.18. The van der Waals surface area contributed by atoms with Gasteiger partial charge in [0.2, 0.25) is 0 Å². The molecule has 1 N–H and O–H groups in total. The topological polar surface area (TPSA) is 44.8 Å². The van der Waals surface area contributed by atoms with E-state index in [1.165, 1.54) is 16.1 Å². The number of likely N-dealkylation sites (tertiary alicyclic amines) is 1. The first-order valence-electron chi connectivity index (χ1n) is 6.94. The van der Waals surface area contributed by atoms with Crippen LogP contribution in [0.3, 0.4) is 0 Å². The Labute approximate surface area is 121 Å². The van der Waals surface area contributed by atoms with Crippen LogP contribution in [-0.2, 0) is 6.54 Å². The van der Waals surface area contributed by atoms with Crippen molar-refractivity contribution >= 4 is 21.6 Å². The molecule has 4 rings (SSSR count). The lowest BCUT2D eigenvalue weighted by Crippen LogP contribution is -2.20. The highest BCUT2D eigenvalue weighted by molar-refractivity contribution is 7.18. The summed E-state index contributed by atoms with van der Waals surface area (Å²) in [7, 11) is 0. The van der Waals surface area contributed by atoms with Gasteiger partial charge in [-0.2, -0.15) is 0 Å². The van der Waals surface area contributed by atoms with Crippen molar-refractivity contribution in [3.8, 4) is 0 Å². The fourth-order valence-electron chi connectivity index (χ4n) is 2.84. The molecule has 1 atom stereocenters. The van der Waals surface area contributed by atoms with Crippen molar-refractivity contribution in [2.45, 2.75) is 18.9 Å². The van der Waals surface area contributed by atoms with Crippen LogP contribution in [0.1, 0.15) is 23.2 Å². The number of benzene rings is 1. The SMILES string of the molecule is c1ccc2sc([C@H]3CCN(Cc4ncc[nH]4)C3)nc2c1. The molecular weight excluding hydrogens is 268 g/mol. The van der Waals surface area contributed by atoms with Crippen molar-refractivity contribution in [3.05, 3.63) is 47.5 Å². The second-order valence-electron chi connectivity index (χ2n) is 5.28. The highest BCUT2D eigenvalue weighted by atomic mass is 32.1. The molecule has 1 saturated heterocycles. The highest BCUT2D eigenvalue weighted by Crippen LogP contribution is 2.33. The van der Waals surface area contributed by atoms with Crippen LogP contribution in [0.15, 0.2) is 36.7 Å². The number of para-hydroxylation sites is 1. The minimum absolute atomic E-state index is 0.572. The maximum atomic E-state index is 4.79. The van der Waals surface area contributed by atoms with E-state index >= 15 is 0 Å². The van der Waals surface area contributed by atoms with Crippen molar-refractivity contribution < 1.29 is 0 Å². The predicted octanol–water partition coefficient (Wildman–Crippen LogP) is 3.01. The van der Waals surface area contributed by atoms with Crippen molar-refractivity contribution in [3.63, 3.8) is 0 Å². The number of H-pyrrole nitrogens is 1. The molecule has 0 spiro atoms. The second kappa shape index (κ2) is 5.00. The number of aromatic nitrogens is 3. The van der Waals surface area contributed by atoms with Crippen molar-refractivity contribution in [1.29, 1.82) is 0 Å². The fraction of sp³-hybridized carbons (Fsp3) is 0.333. The Morgan fingerprint density at radius 1 is 1.35 bits per heavy atom. The van der Waals surface area contributed by atoms with Crippen LogP contribution < -0.4 is 0 Å². The van der Waals surface area contributed by atoms with Gasteiger partial charge in [0.1, 0.15) is 5.82 Å². The Kier molecular flexibility index (Phi) is 3.01. The average molecular weight is 284 g/mol. The maximum absolute atomic E-state index is 4.79. The van der Waals surface area contributed by atoms with Crippen LogP contribution in [0.5, 0.6) is 0 Å². The summed E-state index contributed by atoms with van der Waals surface area (Å²) in [4.78, 5) is 14.7. The minimum Gasteiger partial charge on any atom is -0.348 e. The molecule has 20 heavy (non-hydrogen) atoms. The third kappa shape index (κ3) is 2.23.